The van der Waals surface area contributed by atoms with Gasteiger partial charge in [0.05, 0.1) is 36.1 Å². The van der Waals surface area contributed by atoms with Crippen molar-refractivity contribution in [3.05, 3.63) is 83.7 Å². The lowest BCUT2D eigenvalue weighted by atomic mass is 9.96. The van der Waals surface area contributed by atoms with Gasteiger partial charge in [-0.3, -0.25) is 19.5 Å². The molecule has 0 aliphatic carbocycles. The molecule has 1 atom stereocenters. The molecule has 2 aromatic heterocycles. The first-order valence-electron chi connectivity index (χ1n) is 10.3. The van der Waals surface area contributed by atoms with Gasteiger partial charge >= 0.3 is 5.91 Å². The molecule has 0 bridgehead atoms. The van der Waals surface area contributed by atoms with E-state index in [9.17, 15) is 14.7 Å². The SMILES string of the molecule is COc1cccc(/C(O)=C2\C(=O)C(=O)N(c3nc4ccc(OC)cc4s3)C2c2cccnc2)c1. The van der Waals surface area contributed by atoms with E-state index in [0.29, 0.717) is 33.3 Å². The molecule has 34 heavy (non-hydrogen) atoms. The molecule has 5 rings (SSSR count). The summed E-state index contributed by atoms with van der Waals surface area (Å²) in [6.07, 6.45) is 3.17. The van der Waals surface area contributed by atoms with E-state index in [-0.39, 0.29) is 11.3 Å². The molecular formula is C25H19N3O5S. The van der Waals surface area contributed by atoms with Crippen molar-refractivity contribution >= 4 is 44.1 Å². The Hall–Kier alpha value is -4.24. The highest BCUT2D eigenvalue weighted by atomic mass is 32.1. The van der Waals surface area contributed by atoms with E-state index >= 15 is 0 Å². The number of carbonyl (C=O) groups is 2. The normalized spacial score (nSPS) is 17.4. The van der Waals surface area contributed by atoms with Crippen LogP contribution in [0.15, 0.2) is 72.6 Å². The minimum Gasteiger partial charge on any atom is -0.507 e. The molecule has 8 nitrogen and oxygen atoms in total. The Kier molecular flexibility index (Phi) is 5.46. The molecule has 1 aliphatic heterocycles. The van der Waals surface area contributed by atoms with Crippen LogP contribution in [0.5, 0.6) is 11.5 Å². The number of amides is 1. The number of methoxy groups -OCH3 is 2. The fraction of sp³-hybridized carbons (Fsp3) is 0.120. The van der Waals surface area contributed by atoms with Crippen molar-refractivity contribution in [2.24, 2.45) is 0 Å². The molecule has 1 amide bonds. The Balaban J connectivity index is 1.71. The van der Waals surface area contributed by atoms with Gasteiger partial charge in [-0.15, -0.1) is 0 Å². The highest BCUT2D eigenvalue weighted by Crippen LogP contribution is 2.44. The van der Waals surface area contributed by atoms with E-state index in [4.69, 9.17) is 9.47 Å². The van der Waals surface area contributed by atoms with E-state index in [1.165, 1.54) is 23.3 Å². The van der Waals surface area contributed by atoms with Crippen molar-refractivity contribution in [2.45, 2.75) is 6.04 Å². The van der Waals surface area contributed by atoms with Gasteiger partial charge < -0.3 is 14.6 Å². The lowest BCUT2D eigenvalue weighted by Gasteiger charge is -2.22. The van der Waals surface area contributed by atoms with Crippen molar-refractivity contribution in [1.82, 2.24) is 9.97 Å². The minimum absolute atomic E-state index is 0.0388. The zero-order valence-electron chi connectivity index (χ0n) is 18.3. The molecule has 0 saturated carbocycles. The summed E-state index contributed by atoms with van der Waals surface area (Å²) in [7, 11) is 3.08. The van der Waals surface area contributed by atoms with Crippen LogP contribution >= 0.6 is 11.3 Å². The van der Waals surface area contributed by atoms with Crippen LogP contribution in [0.2, 0.25) is 0 Å². The topological polar surface area (TPSA) is 102 Å². The summed E-state index contributed by atoms with van der Waals surface area (Å²) in [6.45, 7) is 0. The Morgan fingerprint density at radius 1 is 1.03 bits per heavy atom. The molecule has 1 saturated heterocycles. The van der Waals surface area contributed by atoms with Crippen LogP contribution in [-0.2, 0) is 9.59 Å². The number of ether oxygens (including phenoxy) is 2. The van der Waals surface area contributed by atoms with Gasteiger partial charge in [-0.2, -0.15) is 0 Å². The second-order valence-electron chi connectivity index (χ2n) is 7.52. The van der Waals surface area contributed by atoms with Gasteiger partial charge in [-0.25, -0.2) is 4.98 Å². The number of benzene rings is 2. The van der Waals surface area contributed by atoms with Gasteiger partial charge in [0.15, 0.2) is 5.13 Å². The lowest BCUT2D eigenvalue weighted by Crippen LogP contribution is -2.29. The third-order valence-electron chi connectivity index (χ3n) is 5.58. The summed E-state index contributed by atoms with van der Waals surface area (Å²) >= 11 is 1.26. The molecule has 1 unspecified atom stereocenters. The minimum atomic E-state index is -0.901. The smallest absolute Gasteiger partial charge is 0.301 e. The number of anilines is 1. The summed E-state index contributed by atoms with van der Waals surface area (Å²) in [6, 6.07) is 14.6. The zero-order chi connectivity index (χ0) is 23.8. The number of aliphatic hydroxyl groups excluding tert-OH is 1. The van der Waals surface area contributed by atoms with Crippen LogP contribution in [-0.4, -0.2) is 41.0 Å². The quantitative estimate of drug-likeness (QED) is 0.261. The maximum absolute atomic E-state index is 13.3. The van der Waals surface area contributed by atoms with Gasteiger partial charge in [-0.05, 0) is 42.0 Å². The molecular weight excluding hydrogens is 454 g/mol. The van der Waals surface area contributed by atoms with Crippen molar-refractivity contribution < 1.29 is 24.2 Å². The molecule has 0 radical (unpaired) electrons. The fourth-order valence-electron chi connectivity index (χ4n) is 3.93. The summed E-state index contributed by atoms with van der Waals surface area (Å²) in [5.74, 6) is -0.699. The molecule has 0 spiro atoms. The van der Waals surface area contributed by atoms with Gasteiger partial charge in [-0.1, -0.05) is 29.5 Å². The molecule has 2 aromatic carbocycles. The largest absolute Gasteiger partial charge is 0.507 e. The number of aliphatic hydroxyl groups is 1. The van der Waals surface area contributed by atoms with Crippen LogP contribution in [0, 0.1) is 0 Å². The number of thiazole rings is 1. The van der Waals surface area contributed by atoms with Gasteiger partial charge in [0.25, 0.3) is 5.78 Å². The number of pyridine rings is 1. The third-order valence-corrected chi connectivity index (χ3v) is 6.60. The first-order chi connectivity index (χ1) is 16.5. The Labute approximate surface area is 198 Å². The lowest BCUT2D eigenvalue weighted by molar-refractivity contribution is -0.132. The van der Waals surface area contributed by atoms with Gasteiger partial charge in [0, 0.05) is 18.0 Å². The number of fused-ring (bicyclic) bond motifs is 1. The van der Waals surface area contributed by atoms with E-state index in [0.717, 1.165) is 4.70 Å². The first-order valence-corrected chi connectivity index (χ1v) is 11.1. The molecule has 1 fully saturated rings. The van der Waals surface area contributed by atoms with E-state index in [2.05, 4.69) is 9.97 Å². The third kappa shape index (κ3) is 3.56. The first kappa shape index (κ1) is 21.6. The molecule has 3 heterocycles. The highest BCUT2D eigenvalue weighted by Gasteiger charge is 2.48. The number of carbonyl (C=O) groups excluding carboxylic acids is 2. The predicted octanol–water partition coefficient (Wildman–Crippen LogP) is 4.33. The number of hydrogen-bond acceptors (Lipinski definition) is 8. The maximum Gasteiger partial charge on any atom is 0.301 e. The average molecular weight is 474 g/mol. The summed E-state index contributed by atoms with van der Waals surface area (Å²) in [5.41, 5.74) is 1.56. The molecule has 9 heteroatoms. The van der Waals surface area contributed by atoms with Gasteiger partial charge in [0.2, 0.25) is 0 Å². The zero-order valence-corrected chi connectivity index (χ0v) is 19.1. The van der Waals surface area contributed by atoms with Crippen molar-refractivity contribution in [3.8, 4) is 11.5 Å². The van der Waals surface area contributed by atoms with Gasteiger partial charge in [0.1, 0.15) is 17.3 Å². The second kappa shape index (κ2) is 8.60. The fourth-order valence-corrected chi connectivity index (χ4v) is 4.95. The Morgan fingerprint density at radius 2 is 1.82 bits per heavy atom. The number of ketones is 1. The van der Waals surface area contributed by atoms with E-state index in [1.807, 2.05) is 6.07 Å². The van der Waals surface area contributed by atoms with Crippen molar-refractivity contribution in [3.63, 3.8) is 0 Å². The van der Waals surface area contributed by atoms with Crippen LogP contribution in [0.25, 0.3) is 16.0 Å². The van der Waals surface area contributed by atoms with Crippen LogP contribution in [0.3, 0.4) is 0 Å². The van der Waals surface area contributed by atoms with Crippen LogP contribution in [0.1, 0.15) is 17.2 Å². The Morgan fingerprint density at radius 3 is 2.56 bits per heavy atom. The highest BCUT2D eigenvalue weighted by molar-refractivity contribution is 7.22. The molecule has 1 aliphatic rings. The number of rotatable bonds is 5. The van der Waals surface area contributed by atoms with Crippen molar-refractivity contribution in [1.29, 1.82) is 0 Å². The second-order valence-corrected chi connectivity index (χ2v) is 8.53. The molecule has 4 aromatic rings. The predicted molar refractivity (Wildman–Crippen MR) is 128 cm³/mol. The summed E-state index contributed by atoms with van der Waals surface area (Å²) in [4.78, 5) is 36.6. The average Bonchev–Trinajstić information content (AvgIpc) is 3.41. The maximum atomic E-state index is 13.3. The number of Topliss-reactive ketones (excluding diaryl/α,β-unsaturated/α-hetero) is 1. The van der Waals surface area contributed by atoms with Crippen LogP contribution in [0.4, 0.5) is 5.13 Å². The standard InChI is InChI=1S/C25H19N3O5S/c1-32-16-7-3-5-14(11-16)22(29)20-21(15-6-4-10-26-13-15)28(24(31)23(20)30)25-27-18-9-8-17(33-2)12-19(18)34-25/h3-13,21,29H,1-2H3/b22-20+. The number of aromatic nitrogens is 2. The number of hydrogen-bond donors (Lipinski definition) is 1. The number of nitrogens with zero attached hydrogens (tertiary/aromatic N) is 3. The van der Waals surface area contributed by atoms with E-state index < -0.39 is 17.7 Å². The molecule has 1 N–H and O–H groups in total. The Bertz CT molecular complexity index is 1450. The summed E-state index contributed by atoms with van der Waals surface area (Å²) < 4.78 is 11.3. The summed E-state index contributed by atoms with van der Waals surface area (Å²) in [5, 5.41) is 11.5. The van der Waals surface area contributed by atoms with Crippen molar-refractivity contribution in [2.75, 3.05) is 19.1 Å². The monoisotopic (exact) mass is 473 g/mol. The van der Waals surface area contributed by atoms with E-state index in [1.54, 1.807) is 68.0 Å². The molecule has 170 valence electrons. The van der Waals surface area contributed by atoms with Crippen LogP contribution < -0.4 is 14.4 Å².